The van der Waals surface area contributed by atoms with E-state index in [1.165, 1.54) is 6.20 Å². The van der Waals surface area contributed by atoms with E-state index in [-0.39, 0.29) is 11.7 Å². The molecule has 0 amide bonds. The molecule has 1 fully saturated rings. The molecular formula is C18H18N4O3. The predicted molar refractivity (Wildman–Crippen MR) is 93.9 cm³/mol. The Kier molecular flexibility index (Phi) is 3.85. The second-order valence-electron chi connectivity index (χ2n) is 6.10. The summed E-state index contributed by atoms with van der Waals surface area (Å²) in [5, 5.41) is 9.26. The van der Waals surface area contributed by atoms with E-state index in [4.69, 9.17) is 4.74 Å². The maximum atomic E-state index is 11.3. The Labute approximate surface area is 144 Å². The molecule has 3 aromatic rings. The first-order chi connectivity index (χ1) is 12.2. The molecule has 0 saturated carbocycles. The third kappa shape index (κ3) is 2.83. The minimum absolute atomic E-state index is 0.128. The van der Waals surface area contributed by atoms with Crippen LogP contribution in [0.4, 0.5) is 5.69 Å². The zero-order valence-electron chi connectivity index (χ0n) is 13.8. The molecule has 1 aliphatic rings. The summed E-state index contributed by atoms with van der Waals surface area (Å²) < 4.78 is 5.43. The largest absolute Gasteiger partial charge is 0.478 e. The van der Waals surface area contributed by atoms with Crippen molar-refractivity contribution in [2.75, 3.05) is 25.1 Å². The number of aromatic carboxylic acids is 1. The van der Waals surface area contributed by atoms with Crippen molar-refractivity contribution in [2.45, 2.75) is 12.5 Å². The van der Waals surface area contributed by atoms with E-state index in [0.717, 1.165) is 30.8 Å². The summed E-state index contributed by atoms with van der Waals surface area (Å²) >= 11 is 0. The number of benzene rings is 1. The summed E-state index contributed by atoms with van der Waals surface area (Å²) in [6.07, 6.45) is 4.35. The van der Waals surface area contributed by atoms with Crippen molar-refractivity contribution in [3.8, 4) is 11.3 Å². The van der Waals surface area contributed by atoms with Crippen molar-refractivity contribution >= 4 is 22.8 Å². The standard InChI is InChI=1S/C18H18N4O3/c1-25-13-5-6-22(10-13)12-4-2-3-11(7-12)15-9-20-17-16(21-15)14(8-19-17)18(23)24/h2-4,7-9,13H,5-6,10H2,1H3,(H,19,20)(H,23,24). The summed E-state index contributed by atoms with van der Waals surface area (Å²) in [7, 11) is 1.74. The molecule has 2 aromatic heterocycles. The molecule has 1 atom stereocenters. The van der Waals surface area contributed by atoms with Crippen LogP contribution in [0, 0.1) is 0 Å². The average molecular weight is 338 g/mol. The number of fused-ring (bicyclic) bond motifs is 1. The number of carboxylic acid groups (broad SMARTS) is 1. The van der Waals surface area contributed by atoms with E-state index in [2.05, 4.69) is 32.0 Å². The summed E-state index contributed by atoms with van der Waals surface area (Å²) in [5.74, 6) is -1.02. The Morgan fingerprint density at radius 1 is 1.44 bits per heavy atom. The number of aromatic nitrogens is 3. The van der Waals surface area contributed by atoms with Crippen LogP contribution in [0.25, 0.3) is 22.4 Å². The van der Waals surface area contributed by atoms with Gasteiger partial charge in [0.25, 0.3) is 0 Å². The lowest BCUT2D eigenvalue weighted by molar-refractivity contribution is 0.0699. The SMILES string of the molecule is COC1CCN(c2cccc(-c3cnc4[nH]cc(C(=O)O)c4n3)c2)C1. The first kappa shape index (κ1) is 15.6. The zero-order chi connectivity index (χ0) is 17.4. The molecule has 25 heavy (non-hydrogen) atoms. The van der Waals surface area contributed by atoms with Gasteiger partial charge in [-0.1, -0.05) is 12.1 Å². The Morgan fingerprint density at radius 2 is 2.32 bits per heavy atom. The van der Waals surface area contributed by atoms with E-state index < -0.39 is 5.97 Å². The summed E-state index contributed by atoms with van der Waals surface area (Å²) in [6, 6.07) is 8.05. The van der Waals surface area contributed by atoms with Crippen LogP contribution in [0.5, 0.6) is 0 Å². The molecule has 1 aliphatic heterocycles. The first-order valence-electron chi connectivity index (χ1n) is 8.11. The highest BCUT2D eigenvalue weighted by molar-refractivity contribution is 6.00. The van der Waals surface area contributed by atoms with Crippen LogP contribution in [-0.2, 0) is 4.74 Å². The number of hydrogen-bond donors (Lipinski definition) is 2. The molecule has 7 nitrogen and oxygen atoms in total. The third-order valence-electron chi connectivity index (χ3n) is 4.60. The van der Waals surface area contributed by atoms with E-state index in [1.807, 2.05) is 12.1 Å². The molecule has 7 heteroatoms. The highest BCUT2D eigenvalue weighted by Gasteiger charge is 2.22. The number of ether oxygens (including phenoxy) is 1. The average Bonchev–Trinajstić information content (AvgIpc) is 3.28. The van der Waals surface area contributed by atoms with Crippen molar-refractivity contribution in [3.63, 3.8) is 0 Å². The summed E-state index contributed by atoms with van der Waals surface area (Å²) in [4.78, 5) is 25.2. The number of carbonyl (C=O) groups is 1. The Hall–Kier alpha value is -2.93. The van der Waals surface area contributed by atoms with Gasteiger partial charge in [0.2, 0.25) is 0 Å². The molecule has 0 aliphatic carbocycles. The van der Waals surface area contributed by atoms with Gasteiger partial charge in [0.1, 0.15) is 11.1 Å². The van der Waals surface area contributed by atoms with Crippen molar-refractivity contribution in [3.05, 3.63) is 42.2 Å². The van der Waals surface area contributed by atoms with Crippen molar-refractivity contribution in [1.29, 1.82) is 0 Å². The maximum Gasteiger partial charge on any atom is 0.339 e. The van der Waals surface area contributed by atoms with Crippen LogP contribution >= 0.6 is 0 Å². The summed E-state index contributed by atoms with van der Waals surface area (Å²) in [6.45, 7) is 1.82. The minimum atomic E-state index is -1.02. The first-order valence-corrected chi connectivity index (χ1v) is 8.11. The molecule has 4 rings (SSSR count). The van der Waals surface area contributed by atoms with Gasteiger partial charge < -0.3 is 19.7 Å². The quantitative estimate of drug-likeness (QED) is 0.760. The number of hydrogen-bond acceptors (Lipinski definition) is 5. The van der Waals surface area contributed by atoms with E-state index in [0.29, 0.717) is 16.9 Å². The normalized spacial score (nSPS) is 17.3. The van der Waals surface area contributed by atoms with Gasteiger partial charge in [-0.05, 0) is 18.6 Å². The van der Waals surface area contributed by atoms with E-state index >= 15 is 0 Å². The van der Waals surface area contributed by atoms with Gasteiger partial charge in [-0.15, -0.1) is 0 Å². The van der Waals surface area contributed by atoms with Crippen LogP contribution in [0.2, 0.25) is 0 Å². The monoisotopic (exact) mass is 338 g/mol. The van der Waals surface area contributed by atoms with Gasteiger partial charge in [-0.2, -0.15) is 0 Å². The molecule has 0 radical (unpaired) electrons. The van der Waals surface area contributed by atoms with Crippen LogP contribution in [-0.4, -0.2) is 52.3 Å². The van der Waals surface area contributed by atoms with E-state index in [9.17, 15) is 9.90 Å². The van der Waals surface area contributed by atoms with Crippen LogP contribution in [0.1, 0.15) is 16.8 Å². The number of H-pyrrole nitrogens is 1. The highest BCUT2D eigenvalue weighted by atomic mass is 16.5. The second kappa shape index (κ2) is 6.18. The molecule has 0 bridgehead atoms. The number of aromatic amines is 1. The molecule has 3 heterocycles. The molecule has 1 unspecified atom stereocenters. The van der Waals surface area contributed by atoms with Crippen molar-refractivity contribution in [1.82, 2.24) is 15.0 Å². The Balaban J connectivity index is 1.70. The van der Waals surface area contributed by atoms with Gasteiger partial charge in [-0.25, -0.2) is 14.8 Å². The lowest BCUT2D eigenvalue weighted by Crippen LogP contribution is -2.22. The zero-order valence-corrected chi connectivity index (χ0v) is 13.8. The van der Waals surface area contributed by atoms with Gasteiger partial charge in [0, 0.05) is 37.6 Å². The van der Waals surface area contributed by atoms with Gasteiger partial charge in [0.05, 0.1) is 18.0 Å². The highest BCUT2D eigenvalue weighted by Crippen LogP contribution is 2.27. The number of rotatable bonds is 4. The Bertz CT molecular complexity index is 937. The molecule has 1 saturated heterocycles. The topological polar surface area (TPSA) is 91.3 Å². The lowest BCUT2D eigenvalue weighted by Gasteiger charge is -2.19. The van der Waals surface area contributed by atoms with E-state index in [1.54, 1.807) is 13.3 Å². The number of methoxy groups -OCH3 is 1. The number of anilines is 1. The maximum absolute atomic E-state index is 11.3. The number of carboxylic acids is 1. The van der Waals surface area contributed by atoms with Gasteiger partial charge in [0.15, 0.2) is 5.65 Å². The third-order valence-corrected chi connectivity index (χ3v) is 4.60. The fourth-order valence-corrected chi connectivity index (χ4v) is 3.21. The lowest BCUT2D eigenvalue weighted by atomic mass is 10.1. The van der Waals surface area contributed by atoms with Crippen molar-refractivity contribution < 1.29 is 14.6 Å². The molecule has 128 valence electrons. The molecule has 1 aromatic carbocycles. The molecule has 2 N–H and O–H groups in total. The molecular weight excluding hydrogens is 320 g/mol. The fourth-order valence-electron chi connectivity index (χ4n) is 3.21. The minimum Gasteiger partial charge on any atom is -0.478 e. The van der Waals surface area contributed by atoms with Crippen molar-refractivity contribution in [2.24, 2.45) is 0 Å². The number of nitrogens with zero attached hydrogens (tertiary/aromatic N) is 3. The number of nitrogens with one attached hydrogen (secondary N) is 1. The summed E-state index contributed by atoms with van der Waals surface area (Å²) in [5.41, 5.74) is 3.63. The van der Waals surface area contributed by atoms with Crippen LogP contribution < -0.4 is 4.90 Å². The van der Waals surface area contributed by atoms with Gasteiger partial charge in [-0.3, -0.25) is 0 Å². The van der Waals surface area contributed by atoms with Crippen LogP contribution in [0.15, 0.2) is 36.7 Å². The van der Waals surface area contributed by atoms with Crippen LogP contribution in [0.3, 0.4) is 0 Å². The predicted octanol–water partition coefficient (Wildman–Crippen LogP) is 2.55. The fraction of sp³-hybridized carbons (Fsp3) is 0.278. The van der Waals surface area contributed by atoms with Gasteiger partial charge >= 0.3 is 5.97 Å². The molecule has 0 spiro atoms. The smallest absolute Gasteiger partial charge is 0.339 e. The second-order valence-corrected chi connectivity index (χ2v) is 6.10. The Morgan fingerprint density at radius 3 is 3.08 bits per heavy atom.